The van der Waals surface area contributed by atoms with E-state index < -0.39 is 47.1 Å². The molecule has 58 heavy (non-hydrogen) atoms. The highest BCUT2D eigenvalue weighted by Gasteiger charge is 2.47. The summed E-state index contributed by atoms with van der Waals surface area (Å²) >= 11 is 1.32. The first kappa shape index (κ1) is 40.9. The maximum Gasteiger partial charge on any atom is 0.417 e. The zero-order chi connectivity index (χ0) is 42.2. The SMILES string of the molecule is Cc1cc(CC(C)(C)C(F)(F)F)ccc1-c1cc(C(F)(F)F)c(-c2ccc(-c3nc4ccnc(-c5cc(C(C)(C)C)c6ccccc6c5)c4s3)cc2)c(C(F)(F)F)c1. The van der Waals surface area contributed by atoms with Crippen LogP contribution in [-0.2, 0) is 24.2 Å². The lowest BCUT2D eigenvalue weighted by Crippen LogP contribution is -2.34. The van der Waals surface area contributed by atoms with E-state index in [1.54, 1.807) is 12.3 Å². The second-order valence-electron chi connectivity index (χ2n) is 16.2. The molecule has 300 valence electrons. The molecule has 0 bridgehead atoms. The molecule has 0 amide bonds. The number of aryl methyl sites for hydroxylation is 1. The van der Waals surface area contributed by atoms with E-state index >= 15 is 0 Å². The van der Waals surface area contributed by atoms with E-state index in [1.165, 1.54) is 60.7 Å². The van der Waals surface area contributed by atoms with Gasteiger partial charge < -0.3 is 0 Å². The molecule has 0 saturated heterocycles. The highest BCUT2D eigenvalue weighted by atomic mass is 32.1. The van der Waals surface area contributed by atoms with Crippen molar-refractivity contribution in [2.75, 3.05) is 0 Å². The van der Waals surface area contributed by atoms with Gasteiger partial charge in [0.25, 0.3) is 0 Å². The van der Waals surface area contributed by atoms with Crippen LogP contribution >= 0.6 is 11.3 Å². The third-order valence-corrected chi connectivity index (χ3v) is 11.6. The van der Waals surface area contributed by atoms with Gasteiger partial charge in [0.2, 0.25) is 0 Å². The van der Waals surface area contributed by atoms with Crippen LogP contribution in [0.3, 0.4) is 0 Å². The van der Waals surface area contributed by atoms with Crippen LogP contribution in [0.2, 0.25) is 0 Å². The first-order valence-electron chi connectivity index (χ1n) is 18.3. The van der Waals surface area contributed by atoms with Crippen LogP contribution in [-0.4, -0.2) is 16.1 Å². The fourth-order valence-corrected chi connectivity index (χ4v) is 8.43. The zero-order valence-corrected chi connectivity index (χ0v) is 33.0. The molecule has 2 heterocycles. The molecular weight excluding hydrogens is 784 g/mol. The average molecular weight is 821 g/mol. The molecule has 0 radical (unpaired) electrons. The number of alkyl halides is 9. The summed E-state index contributed by atoms with van der Waals surface area (Å²) in [5, 5.41) is 2.68. The summed E-state index contributed by atoms with van der Waals surface area (Å²) in [6.07, 6.45) is -13.7. The third-order valence-electron chi connectivity index (χ3n) is 10.4. The van der Waals surface area contributed by atoms with Crippen molar-refractivity contribution in [2.45, 2.75) is 71.9 Å². The summed E-state index contributed by atoms with van der Waals surface area (Å²) < 4.78 is 130. The van der Waals surface area contributed by atoms with Crippen LogP contribution in [0.15, 0.2) is 103 Å². The van der Waals surface area contributed by atoms with Crippen molar-refractivity contribution in [3.05, 3.63) is 131 Å². The number of hydrogen-bond acceptors (Lipinski definition) is 3. The molecule has 12 heteroatoms. The molecule has 7 aromatic rings. The van der Waals surface area contributed by atoms with Gasteiger partial charge in [-0.3, -0.25) is 4.98 Å². The normalized spacial score (nSPS) is 13.2. The minimum absolute atomic E-state index is 0.0366. The Morgan fingerprint density at radius 1 is 0.603 bits per heavy atom. The largest absolute Gasteiger partial charge is 0.417 e. The van der Waals surface area contributed by atoms with Crippen molar-refractivity contribution in [1.82, 2.24) is 9.97 Å². The van der Waals surface area contributed by atoms with Gasteiger partial charge in [-0.25, -0.2) is 4.98 Å². The minimum Gasteiger partial charge on any atom is -0.255 e. The molecule has 5 aromatic carbocycles. The van der Waals surface area contributed by atoms with Gasteiger partial charge in [-0.2, -0.15) is 39.5 Å². The third kappa shape index (κ3) is 7.83. The van der Waals surface area contributed by atoms with Crippen molar-refractivity contribution in [2.24, 2.45) is 5.41 Å². The number of thiazole rings is 1. The summed E-state index contributed by atoms with van der Waals surface area (Å²) in [5.74, 6) is 0. The maximum atomic E-state index is 14.8. The van der Waals surface area contributed by atoms with Gasteiger partial charge in [0, 0.05) is 22.9 Å². The van der Waals surface area contributed by atoms with E-state index in [0.717, 1.165) is 40.4 Å². The molecule has 0 unspecified atom stereocenters. The molecule has 0 saturated carbocycles. The Morgan fingerprint density at radius 3 is 1.79 bits per heavy atom. The van der Waals surface area contributed by atoms with Gasteiger partial charge in [0.1, 0.15) is 5.01 Å². The molecule has 0 aliphatic heterocycles. The van der Waals surface area contributed by atoms with Crippen LogP contribution in [0, 0.1) is 12.3 Å². The number of benzene rings is 5. The monoisotopic (exact) mass is 820 g/mol. The lowest BCUT2D eigenvalue weighted by Gasteiger charge is -2.28. The van der Waals surface area contributed by atoms with Crippen LogP contribution in [0.4, 0.5) is 39.5 Å². The molecule has 0 aliphatic carbocycles. The molecular formula is C46H37F9N2S. The molecule has 2 aromatic heterocycles. The highest BCUT2D eigenvalue weighted by molar-refractivity contribution is 7.22. The quantitative estimate of drug-likeness (QED) is 0.156. The Balaban J connectivity index is 1.29. The number of halogens is 9. The predicted octanol–water partition coefficient (Wildman–Crippen LogP) is 15.3. The Labute approximate surface area is 333 Å². The van der Waals surface area contributed by atoms with Crippen LogP contribution in [0.25, 0.3) is 65.1 Å². The molecule has 0 fully saturated rings. The van der Waals surface area contributed by atoms with Crippen molar-refractivity contribution in [1.29, 1.82) is 0 Å². The van der Waals surface area contributed by atoms with Gasteiger partial charge in [0.05, 0.1) is 32.5 Å². The molecule has 0 N–H and O–H groups in total. The summed E-state index contributed by atoms with van der Waals surface area (Å²) in [6, 6.07) is 24.6. The second kappa shape index (κ2) is 14.2. The Hall–Kier alpha value is -5.23. The fourth-order valence-electron chi connectivity index (χ4n) is 7.36. The van der Waals surface area contributed by atoms with Crippen LogP contribution < -0.4 is 0 Å². The summed E-state index contributed by atoms with van der Waals surface area (Å²) in [4.78, 5) is 9.48. The highest BCUT2D eigenvalue weighted by Crippen LogP contribution is 2.48. The Kier molecular flexibility index (Phi) is 10.1. The van der Waals surface area contributed by atoms with Gasteiger partial charge in [-0.05, 0) is 93.2 Å². The molecule has 7 rings (SSSR count). The number of fused-ring (bicyclic) bond motifs is 2. The van der Waals surface area contributed by atoms with E-state index in [9.17, 15) is 39.5 Å². The van der Waals surface area contributed by atoms with Gasteiger partial charge in [-0.1, -0.05) is 101 Å². The van der Waals surface area contributed by atoms with Gasteiger partial charge >= 0.3 is 18.5 Å². The summed E-state index contributed by atoms with van der Waals surface area (Å²) in [5.41, 5.74) is -2.57. The van der Waals surface area contributed by atoms with Crippen molar-refractivity contribution >= 4 is 32.3 Å². The predicted molar refractivity (Wildman–Crippen MR) is 214 cm³/mol. The van der Waals surface area contributed by atoms with Crippen molar-refractivity contribution < 1.29 is 39.5 Å². The number of pyridine rings is 1. The van der Waals surface area contributed by atoms with Gasteiger partial charge in [0.15, 0.2) is 0 Å². The van der Waals surface area contributed by atoms with E-state index in [1.807, 2.05) is 18.2 Å². The summed E-state index contributed by atoms with van der Waals surface area (Å²) in [7, 11) is 0. The van der Waals surface area contributed by atoms with Crippen LogP contribution in [0.1, 0.15) is 62.4 Å². The summed E-state index contributed by atoms with van der Waals surface area (Å²) in [6.45, 7) is 9.90. The molecule has 0 spiro atoms. The molecule has 2 nitrogen and oxygen atoms in total. The maximum absolute atomic E-state index is 14.8. The topological polar surface area (TPSA) is 25.8 Å². The fraction of sp³-hybridized carbons (Fsp3) is 0.261. The molecule has 0 aliphatic rings. The van der Waals surface area contributed by atoms with E-state index in [2.05, 4.69) is 39.0 Å². The lowest BCUT2D eigenvalue weighted by atomic mass is 9.82. The lowest BCUT2D eigenvalue weighted by molar-refractivity contribution is -0.211. The smallest absolute Gasteiger partial charge is 0.255 e. The van der Waals surface area contributed by atoms with E-state index in [-0.39, 0.29) is 33.2 Å². The molecule has 0 atom stereocenters. The number of rotatable bonds is 6. The van der Waals surface area contributed by atoms with E-state index in [0.29, 0.717) is 33.9 Å². The number of aromatic nitrogens is 2. The first-order valence-corrected chi connectivity index (χ1v) is 19.1. The zero-order valence-electron chi connectivity index (χ0n) is 32.2. The number of nitrogens with zero attached hydrogens (tertiary/aromatic N) is 2. The van der Waals surface area contributed by atoms with Gasteiger partial charge in [-0.15, -0.1) is 11.3 Å². The first-order chi connectivity index (χ1) is 26.9. The van der Waals surface area contributed by atoms with Crippen LogP contribution in [0.5, 0.6) is 0 Å². The van der Waals surface area contributed by atoms with Crippen molar-refractivity contribution in [3.8, 4) is 44.1 Å². The Bertz CT molecular complexity index is 2640. The van der Waals surface area contributed by atoms with E-state index in [4.69, 9.17) is 9.97 Å². The second-order valence-corrected chi connectivity index (χ2v) is 17.2. The Morgan fingerprint density at radius 2 is 1.21 bits per heavy atom. The van der Waals surface area contributed by atoms with Crippen molar-refractivity contribution in [3.63, 3.8) is 0 Å². The standard InChI is InChI=1S/C46H37F9N2S/c1-25-19-26(24-43(5,6)46(53,54)55)11-16-32(25)30-21-35(44(47,48)49)38(36(22-30)45(50,51)52)27-12-14-28(15-13-27)41-57-37-17-18-56-39(40(37)58-41)31-20-29-9-7-8-10-33(29)34(23-31)42(2,3)4/h7-23H,24H2,1-6H3. The number of hydrogen-bond donors (Lipinski definition) is 0. The average Bonchev–Trinajstić information content (AvgIpc) is 3.57. The minimum atomic E-state index is -5.19.